The van der Waals surface area contributed by atoms with Crippen LogP contribution in [0.1, 0.15) is 27.2 Å². The number of halogens is 1. The number of ether oxygens (including phenoxy) is 1. The first-order valence-electron chi connectivity index (χ1n) is 5.77. The molecule has 1 fully saturated rings. The lowest BCUT2D eigenvalue weighted by atomic mass is 10.0. The van der Waals surface area contributed by atoms with Crippen molar-refractivity contribution >= 4 is 25.8 Å². The zero-order valence-electron chi connectivity index (χ0n) is 10.1. The third kappa shape index (κ3) is 3.44. The normalized spacial score (nSPS) is 28.6. The van der Waals surface area contributed by atoms with Gasteiger partial charge in [-0.1, -0.05) is 29.8 Å². The van der Waals surface area contributed by atoms with E-state index >= 15 is 0 Å². The predicted molar refractivity (Wildman–Crippen MR) is 69.7 cm³/mol. The number of alkyl halides is 1. The lowest BCUT2D eigenvalue weighted by molar-refractivity contribution is 0.126. The van der Waals surface area contributed by atoms with Gasteiger partial charge in [-0.15, -0.1) is 0 Å². The van der Waals surface area contributed by atoms with Crippen LogP contribution in [0.4, 0.5) is 0 Å². The minimum atomic E-state index is -3.02. The van der Waals surface area contributed by atoms with Crippen LogP contribution in [0, 0.1) is 11.8 Å². The van der Waals surface area contributed by atoms with Gasteiger partial charge in [-0.2, -0.15) is 0 Å². The van der Waals surface area contributed by atoms with E-state index in [0.29, 0.717) is 18.9 Å². The van der Waals surface area contributed by atoms with Crippen LogP contribution >= 0.6 is 15.9 Å². The number of hydrogen-bond donors (Lipinski definition) is 0. The summed E-state index contributed by atoms with van der Waals surface area (Å²) in [4.78, 5) is 0. The summed E-state index contributed by atoms with van der Waals surface area (Å²) in [5.41, 5.74) is 0. The van der Waals surface area contributed by atoms with Gasteiger partial charge in [0.25, 0.3) is 0 Å². The lowest BCUT2D eigenvalue weighted by Crippen LogP contribution is -2.34. The van der Waals surface area contributed by atoms with Gasteiger partial charge in [-0.3, -0.25) is 0 Å². The first-order chi connectivity index (χ1) is 7.38. The molecule has 0 aromatic heterocycles. The summed E-state index contributed by atoms with van der Waals surface area (Å²) < 4.78 is 29.8. The second-order valence-corrected chi connectivity index (χ2v) is 7.80. The van der Waals surface area contributed by atoms with Crippen molar-refractivity contribution in [2.75, 3.05) is 17.7 Å². The average Bonchev–Trinajstić information content (AvgIpc) is 2.61. The fourth-order valence-corrected chi connectivity index (χ4v) is 5.77. The largest absolute Gasteiger partial charge is 0.377 e. The lowest BCUT2D eigenvalue weighted by Gasteiger charge is -2.22. The van der Waals surface area contributed by atoms with Crippen molar-refractivity contribution in [2.45, 2.75) is 38.5 Å². The Morgan fingerprint density at radius 1 is 1.44 bits per heavy atom. The summed E-state index contributed by atoms with van der Waals surface area (Å²) in [5, 5.41) is 0.444. The smallest absolute Gasteiger partial charge is 0.156 e. The third-order valence-corrected chi connectivity index (χ3v) is 6.62. The van der Waals surface area contributed by atoms with Gasteiger partial charge in [0.05, 0.1) is 17.1 Å². The fraction of sp³-hybridized carbons (Fsp3) is 1.00. The van der Waals surface area contributed by atoms with Gasteiger partial charge < -0.3 is 4.74 Å². The van der Waals surface area contributed by atoms with Crippen LogP contribution in [-0.2, 0) is 14.6 Å². The van der Waals surface area contributed by atoms with E-state index < -0.39 is 9.84 Å². The average molecular weight is 313 g/mol. The van der Waals surface area contributed by atoms with E-state index in [1.807, 2.05) is 6.92 Å². The van der Waals surface area contributed by atoms with Gasteiger partial charge in [-0.05, 0) is 25.2 Å². The molecule has 0 saturated carbocycles. The Bertz CT molecular complexity index is 313. The summed E-state index contributed by atoms with van der Waals surface area (Å²) in [6.07, 6.45) is 0.504. The van der Waals surface area contributed by atoms with E-state index in [4.69, 9.17) is 4.74 Å². The molecular formula is C11H21BrO3S. The van der Waals surface area contributed by atoms with Crippen molar-refractivity contribution in [3.05, 3.63) is 0 Å². The molecule has 3 atom stereocenters. The molecule has 1 saturated heterocycles. The zero-order valence-corrected chi connectivity index (χ0v) is 12.6. The van der Waals surface area contributed by atoms with E-state index in [1.165, 1.54) is 0 Å². The highest BCUT2D eigenvalue weighted by atomic mass is 79.9. The summed E-state index contributed by atoms with van der Waals surface area (Å²) in [6, 6.07) is 0. The van der Waals surface area contributed by atoms with Crippen LogP contribution < -0.4 is 0 Å². The highest BCUT2D eigenvalue weighted by molar-refractivity contribution is 9.09. The third-order valence-electron chi connectivity index (χ3n) is 3.36. The van der Waals surface area contributed by atoms with Crippen molar-refractivity contribution in [1.82, 2.24) is 0 Å². The second kappa shape index (κ2) is 5.83. The maximum absolute atomic E-state index is 12.2. The van der Waals surface area contributed by atoms with Gasteiger partial charge in [0.1, 0.15) is 0 Å². The van der Waals surface area contributed by atoms with Gasteiger partial charge in [0.2, 0.25) is 0 Å². The molecule has 16 heavy (non-hydrogen) atoms. The van der Waals surface area contributed by atoms with Crippen molar-refractivity contribution in [3.63, 3.8) is 0 Å². The van der Waals surface area contributed by atoms with E-state index in [0.717, 1.165) is 5.33 Å². The van der Waals surface area contributed by atoms with Crippen molar-refractivity contribution in [3.8, 4) is 0 Å². The van der Waals surface area contributed by atoms with Crippen LogP contribution in [-0.4, -0.2) is 37.5 Å². The summed E-state index contributed by atoms with van der Waals surface area (Å²) in [7, 11) is -3.02. The summed E-state index contributed by atoms with van der Waals surface area (Å²) >= 11 is 3.40. The molecule has 0 bridgehead atoms. The molecule has 96 valence electrons. The Morgan fingerprint density at radius 3 is 2.44 bits per heavy atom. The molecule has 1 heterocycles. The van der Waals surface area contributed by atoms with Crippen molar-refractivity contribution in [1.29, 1.82) is 0 Å². The monoisotopic (exact) mass is 312 g/mol. The predicted octanol–water partition coefficient (Wildman–Crippen LogP) is 2.25. The van der Waals surface area contributed by atoms with Gasteiger partial charge in [-0.25, -0.2) is 8.42 Å². The Labute approximate surface area is 107 Å². The molecule has 5 heteroatoms. The van der Waals surface area contributed by atoms with Gasteiger partial charge >= 0.3 is 0 Å². The van der Waals surface area contributed by atoms with E-state index in [2.05, 4.69) is 29.8 Å². The minimum Gasteiger partial charge on any atom is -0.377 e. The Kier molecular flexibility index (Phi) is 5.26. The first kappa shape index (κ1) is 14.5. The quantitative estimate of drug-likeness (QED) is 0.731. The molecular weight excluding hydrogens is 292 g/mol. The molecule has 1 aliphatic rings. The highest BCUT2D eigenvalue weighted by Crippen LogP contribution is 2.25. The molecule has 3 nitrogen and oxygen atoms in total. The Hall–Kier alpha value is 0.390. The maximum atomic E-state index is 12.2. The summed E-state index contributed by atoms with van der Waals surface area (Å²) in [6.45, 7) is 6.56. The molecule has 0 spiro atoms. The van der Waals surface area contributed by atoms with E-state index in [-0.39, 0.29) is 23.0 Å². The van der Waals surface area contributed by atoms with Crippen molar-refractivity contribution < 1.29 is 13.2 Å². The van der Waals surface area contributed by atoms with Crippen LogP contribution in [0.25, 0.3) is 0 Å². The van der Waals surface area contributed by atoms with Gasteiger partial charge in [0, 0.05) is 11.9 Å². The maximum Gasteiger partial charge on any atom is 0.156 e. The topological polar surface area (TPSA) is 43.4 Å². The van der Waals surface area contributed by atoms with Crippen LogP contribution in [0.15, 0.2) is 0 Å². The zero-order chi connectivity index (χ0) is 12.3. The molecule has 0 aromatic carbocycles. The highest BCUT2D eigenvalue weighted by Gasteiger charge is 2.37. The van der Waals surface area contributed by atoms with Crippen LogP contribution in [0.3, 0.4) is 0 Å². The number of sulfone groups is 1. The number of hydrogen-bond acceptors (Lipinski definition) is 3. The minimum absolute atomic E-state index is 0.145. The summed E-state index contributed by atoms with van der Waals surface area (Å²) in [5.74, 6) is 0.846. The van der Waals surface area contributed by atoms with Gasteiger partial charge in [0.15, 0.2) is 9.84 Å². The van der Waals surface area contributed by atoms with E-state index in [1.54, 1.807) is 0 Å². The molecule has 1 rings (SSSR count). The van der Waals surface area contributed by atoms with Crippen LogP contribution in [0.5, 0.6) is 0 Å². The molecule has 0 amide bonds. The SMILES string of the molecule is CC(C)C(CBr)CS(=O)(=O)C1CCOC1C. The fourth-order valence-electron chi connectivity index (χ4n) is 2.02. The standard InChI is InChI=1S/C11H21BrO3S/c1-8(2)10(6-12)7-16(13,14)11-4-5-15-9(11)3/h8-11H,4-7H2,1-3H3. The Balaban J connectivity index is 2.70. The molecule has 0 aliphatic carbocycles. The Morgan fingerprint density at radius 2 is 2.06 bits per heavy atom. The molecule has 0 aromatic rings. The first-order valence-corrected chi connectivity index (χ1v) is 8.61. The van der Waals surface area contributed by atoms with Crippen LogP contribution in [0.2, 0.25) is 0 Å². The van der Waals surface area contributed by atoms with E-state index in [9.17, 15) is 8.42 Å². The van der Waals surface area contributed by atoms with Crippen molar-refractivity contribution in [2.24, 2.45) is 11.8 Å². The molecule has 1 aliphatic heterocycles. The molecule has 3 unspecified atom stereocenters. The molecule has 0 radical (unpaired) electrons. The molecule has 0 N–H and O–H groups in total. The number of rotatable bonds is 5. The second-order valence-electron chi connectivity index (χ2n) is 4.89.